The zero-order valence-corrected chi connectivity index (χ0v) is 3.92. The van der Waals surface area contributed by atoms with Gasteiger partial charge in [0.15, 0.2) is 0 Å². The summed E-state index contributed by atoms with van der Waals surface area (Å²) in [5.74, 6) is 0. The highest BCUT2D eigenvalue weighted by molar-refractivity contribution is 5.59. The Balaban J connectivity index is 2.39. The van der Waals surface area contributed by atoms with Crippen molar-refractivity contribution in [2.75, 3.05) is 13.2 Å². The Kier molecular flexibility index (Phi) is 1.63. The Hall–Kier alpha value is -0.630. The van der Waals surface area contributed by atoms with Crippen molar-refractivity contribution in [2.24, 2.45) is 4.99 Å². The SMILES string of the molecule is [C]1=CN=CCOC1. The van der Waals surface area contributed by atoms with E-state index in [9.17, 15) is 0 Å². The monoisotopic (exact) mass is 96.0 g/mol. The van der Waals surface area contributed by atoms with E-state index >= 15 is 0 Å². The van der Waals surface area contributed by atoms with Crippen LogP contribution in [0.1, 0.15) is 0 Å². The third-order valence-corrected chi connectivity index (χ3v) is 0.649. The minimum absolute atomic E-state index is 0.569. The van der Waals surface area contributed by atoms with Gasteiger partial charge in [0, 0.05) is 18.5 Å². The number of aliphatic imine (C=N–C) groups is 1. The molecule has 37 valence electrons. The van der Waals surface area contributed by atoms with E-state index < -0.39 is 0 Å². The highest BCUT2D eigenvalue weighted by Crippen LogP contribution is 1.80. The lowest BCUT2D eigenvalue weighted by Crippen LogP contribution is -1.91. The molecule has 0 saturated carbocycles. The Morgan fingerprint density at radius 1 is 1.71 bits per heavy atom. The van der Waals surface area contributed by atoms with Gasteiger partial charge in [-0.15, -0.1) is 0 Å². The van der Waals surface area contributed by atoms with Gasteiger partial charge in [-0.1, -0.05) is 0 Å². The molecule has 1 heterocycles. The van der Waals surface area contributed by atoms with Crippen LogP contribution in [0.2, 0.25) is 0 Å². The molecule has 0 amide bonds. The molecule has 0 unspecified atom stereocenters. The molecular formula is C5H6NO. The molecule has 0 N–H and O–H groups in total. The van der Waals surface area contributed by atoms with Crippen LogP contribution in [0.4, 0.5) is 0 Å². The lowest BCUT2D eigenvalue weighted by atomic mass is 10.7. The largest absolute Gasteiger partial charge is 0.371 e. The van der Waals surface area contributed by atoms with E-state index in [-0.39, 0.29) is 0 Å². The third-order valence-electron chi connectivity index (χ3n) is 0.649. The van der Waals surface area contributed by atoms with E-state index in [2.05, 4.69) is 11.1 Å². The highest BCUT2D eigenvalue weighted by atomic mass is 16.5. The van der Waals surface area contributed by atoms with Gasteiger partial charge in [-0.05, 0) is 0 Å². The van der Waals surface area contributed by atoms with Crippen molar-refractivity contribution in [2.45, 2.75) is 0 Å². The molecule has 0 aromatic rings. The summed E-state index contributed by atoms with van der Waals surface area (Å²) in [7, 11) is 0. The molecule has 0 fully saturated rings. The summed E-state index contributed by atoms with van der Waals surface area (Å²) >= 11 is 0. The fraction of sp³-hybridized carbons (Fsp3) is 0.400. The first kappa shape index (κ1) is 4.53. The maximum absolute atomic E-state index is 4.90. The average Bonchev–Trinajstić information content (AvgIpc) is 1.90. The van der Waals surface area contributed by atoms with Gasteiger partial charge in [0.25, 0.3) is 0 Å². The van der Waals surface area contributed by atoms with Crippen molar-refractivity contribution in [3.63, 3.8) is 0 Å². The predicted molar refractivity (Wildman–Crippen MR) is 27.1 cm³/mol. The second kappa shape index (κ2) is 2.53. The van der Waals surface area contributed by atoms with E-state index in [1.54, 1.807) is 12.4 Å². The first-order valence-corrected chi connectivity index (χ1v) is 2.14. The molecule has 0 saturated heterocycles. The molecule has 1 radical (unpaired) electrons. The van der Waals surface area contributed by atoms with Crippen LogP contribution in [0.25, 0.3) is 0 Å². The quantitative estimate of drug-likeness (QED) is 0.428. The lowest BCUT2D eigenvalue weighted by Gasteiger charge is -1.86. The van der Waals surface area contributed by atoms with Crippen molar-refractivity contribution in [1.82, 2.24) is 0 Å². The van der Waals surface area contributed by atoms with Crippen molar-refractivity contribution in [3.05, 3.63) is 12.3 Å². The number of ether oxygens (including phenoxy) is 1. The average molecular weight is 96.1 g/mol. The summed E-state index contributed by atoms with van der Waals surface area (Å²) in [6.45, 7) is 1.18. The van der Waals surface area contributed by atoms with Crippen molar-refractivity contribution in [3.8, 4) is 0 Å². The number of hydrogen-bond donors (Lipinski definition) is 0. The summed E-state index contributed by atoms with van der Waals surface area (Å²) in [6.07, 6.45) is 6.13. The fourth-order valence-electron chi connectivity index (χ4n) is 0.356. The van der Waals surface area contributed by atoms with Gasteiger partial charge >= 0.3 is 0 Å². The van der Waals surface area contributed by atoms with Crippen LogP contribution in [-0.2, 0) is 4.74 Å². The van der Waals surface area contributed by atoms with Gasteiger partial charge in [0.1, 0.15) is 0 Å². The molecule has 0 atom stereocenters. The second-order valence-corrected chi connectivity index (χ2v) is 1.18. The maximum Gasteiger partial charge on any atom is 0.0823 e. The molecule has 0 bridgehead atoms. The summed E-state index contributed by atoms with van der Waals surface area (Å²) in [5, 5.41) is 0. The topological polar surface area (TPSA) is 21.6 Å². The Labute approximate surface area is 42.5 Å². The normalized spacial score (nSPS) is 19.4. The molecule has 0 aromatic carbocycles. The molecule has 0 aromatic heterocycles. The molecule has 1 rings (SSSR count). The van der Waals surface area contributed by atoms with Crippen molar-refractivity contribution in [1.29, 1.82) is 0 Å². The van der Waals surface area contributed by atoms with Gasteiger partial charge < -0.3 is 4.74 Å². The van der Waals surface area contributed by atoms with Gasteiger partial charge in [0.05, 0.1) is 13.2 Å². The number of rotatable bonds is 0. The van der Waals surface area contributed by atoms with Crippen LogP contribution >= 0.6 is 0 Å². The predicted octanol–water partition coefficient (Wildman–Crippen LogP) is 0.404. The zero-order chi connectivity index (χ0) is 4.95. The standard InChI is InChI=1S/C5H6NO/c1-2-6-3-5-7-4-1/h2-3H,4-5H2. The van der Waals surface area contributed by atoms with Crippen LogP contribution in [-0.4, -0.2) is 19.4 Å². The Morgan fingerprint density at radius 2 is 2.71 bits per heavy atom. The molecular weight excluding hydrogens is 90.1 g/mol. The highest BCUT2D eigenvalue weighted by Gasteiger charge is 1.81. The summed E-state index contributed by atoms with van der Waals surface area (Å²) in [5.41, 5.74) is 0. The smallest absolute Gasteiger partial charge is 0.0823 e. The van der Waals surface area contributed by atoms with E-state index in [1.165, 1.54) is 0 Å². The van der Waals surface area contributed by atoms with E-state index in [0.717, 1.165) is 0 Å². The Bertz CT molecular complexity index is 84.3. The van der Waals surface area contributed by atoms with Gasteiger partial charge in [0.2, 0.25) is 0 Å². The van der Waals surface area contributed by atoms with E-state index in [4.69, 9.17) is 4.74 Å². The first-order valence-electron chi connectivity index (χ1n) is 2.14. The number of hydrogen-bond acceptors (Lipinski definition) is 2. The van der Waals surface area contributed by atoms with Gasteiger partial charge in [-0.3, -0.25) is 4.99 Å². The first-order chi connectivity index (χ1) is 3.50. The summed E-state index contributed by atoms with van der Waals surface area (Å²) in [4.78, 5) is 3.78. The van der Waals surface area contributed by atoms with Crippen molar-refractivity contribution >= 4 is 6.21 Å². The maximum atomic E-state index is 4.90. The lowest BCUT2D eigenvalue weighted by molar-refractivity contribution is 0.204. The fourth-order valence-corrected chi connectivity index (χ4v) is 0.356. The van der Waals surface area contributed by atoms with Gasteiger partial charge in [-0.25, -0.2) is 0 Å². The minimum atomic E-state index is 0.569. The van der Waals surface area contributed by atoms with Crippen LogP contribution < -0.4 is 0 Å². The molecule has 7 heavy (non-hydrogen) atoms. The molecule has 0 aliphatic carbocycles. The molecule has 1 aliphatic heterocycles. The van der Waals surface area contributed by atoms with E-state index in [1.807, 2.05) is 0 Å². The summed E-state index contributed by atoms with van der Waals surface area (Å²) in [6, 6.07) is 0. The second-order valence-electron chi connectivity index (χ2n) is 1.18. The van der Waals surface area contributed by atoms with Crippen LogP contribution in [0, 0.1) is 6.08 Å². The summed E-state index contributed by atoms with van der Waals surface area (Å²) < 4.78 is 4.90. The molecule has 0 spiro atoms. The van der Waals surface area contributed by atoms with Crippen molar-refractivity contribution < 1.29 is 4.74 Å². The minimum Gasteiger partial charge on any atom is -0.371 e. The molecule has 1 aliphatic rings. The van der Waals surface area contributed by atoms with E-state index in [0.29, 0.717) is 13.2 Å². The van der Waals surface area contributed by atoms with Crippen LogP contribution in [0.15, 0.2) is 11.2 Å². The number of nitrogens with zero attached hydrogens (tertiary/aromatic N) is 1. The zero-order valence-electron chi connectivity index (χ0n) is 3.92. The molecule has 2 heteroatoms. The van der Waals surface area contributed by atoms with Crippen LogP contribution in [0.5, 0.6) is 0 Å². The van der Waals surface area contributed by atoms with Gasteiger partial charge in [-0.2, -0.15) is 0 Å². The third kappa shape index (κ3) is 1.50. The van der Waals surface area contributed by atoms with Crippen LogP contribution in [0.3, 0.4) is 0 Å². The Morgan fingerprint density at radius 3 is 3.71 bits per heavy atom. The molecule has 2 nitrogen and oxygen atoms in total.